The lowest BCUT2D eigenvalue weighted by molar-refractivity contribution is 0.412. The zero-order valence-electron chi connectivity index (χ0n) is 19.2. The highest BCUT2D eigenvalue weighted by atomic mass is 32.1. The van der Waals surface area contributed by atoms with E-state index in [0.717, 1.165) is 42.3 Å². The quantitative estimate of drug-likeness (QED) is 0.368. The number of aromatic nitrogens is 3. The number of nitrogens with one attached hydrogen (secondary N) is 1. The van der Waals surface area contributed by atoms with E-state index in [1.807, 2.05) is 40.7 Å². The van der Waals surface area contributed by atoms with Gasteiger partial charge in [-0.05, 0) is 78.9 Å². The van der Waals surface area contributed by atoms with Crippen LogP contribution in [0, 0.1) is 5.92 Å². The Kier molecular flexibility index (Phi) is 6.27. The number of hydrogen-bond donors (Lipinski definition) is 1. The minimum absolute atomic E-state index is 0.0693. The van der Waals surface area contributed by atoms with Crippen LogP contribution in [0.5, 0.6) is 0 Å². The van der Waals surface area contributed by atoms with Crippen LogP contribution in [0.25, 0.3) is 22.0 Å². The van der Waals surface area contributed by atoms with Gasteiger partial charge in [0.2, 0.25) is 0 Å². The molecule has 0 saturated heterocycles. The molecule has 0 radical (unpaired) electrons. The normalized spacial score (nSPS) is 18.6. The molecule has 0 atom stereocenters. The molecule has 0 aliphatic heterocycles. The average molecular weight is 459 g/mol. The fourth-order valence-corrected chi connectivity index (χ4v) is 5.46. The molecule has 0 amide bonds. The predicted octanol–water partition coefficient (Wildman–Crippen LogP) is 6.31. The molecule has 3 aromatic heterocycles. The zero-order chi connectivity index (χ0) is 22.8. The third kappa shape index (κ3) is 4.86. The first-order valence-corrected chi connectivity index (χ1v) is 12.7. The minimum Gasteiger partial charge on any atom is -0.378 e. The molecule has 6 heteroatoms. The first-order valence-electron chi connectivity index (χ1n) is 11.8. The third-order valence-electron chi connectivity index (χ3n) is 6.60. The Morgan fingerprint density at radius 3 is 2.73 bits per heavy atom. The average Bonchev–Trinajstić information content (AvgIpc) is 3.36. The number of benzene rings is 1. The summed E-state index contributed by atoms with van der Waals surface area (Å²) in [4.78, 5) is 17.6. The topological polar surface area (TPSA) is 59.8 Å². The van der Waals surface area contributed by atoms with Crippen LogP contribution in [0.1, 0.15) is 51.0 Å². The lowest BCUT2D eigenvalue weighted by atomic mass is 9.81. The largest absolute Gasteiger partial charge is 0.378 e. The smallest absolute Gasteiger partial charge is 0.273 e. The molecule has 4 aromatic rings. The number of rotatable bonds is 6. The van der Waals surface area contributed by atoms with Crippen molar-refractivity contribution in [1.29, 1.82) is 0 Å². The highest BCUT2D eigenvalue weighted by molar-refractivity contribution is 7.03. The number of pyridine rings is 2. The number of anilines is 1. The fourth-order valence-electron chi connectivity index (χ4n) is 4.91. The molecule has 5 nitrogen and oxygen atoms in total. The van der Waals surface area contributed by atoms with Gasteiger partial charge in [0.05, 0.1) is 5.52 Å². The Morgan fingerprint density at radius 2 is 1.97 bits per heavy atom. The van der Waals surface area contributed by atoms with Crippen molar-refractivity contribution in [2.45, 2.75) is 58.0 Å². The summed E-state index contributed by atoms with van der Waals surface area (Å²) in [5.74, 6) is 0.965. The molecule has 1 aromatic carbocycles. The van der Waals surface area contributed by atoms with Gasteiger partial charge in [0.25, 0.3) is 5.56 Å². The third-order valence-corrected chi connectivity index (χ3v) is 7.19. The zero-order valence-corrected chi connectivity index (χ0v) is 20.0. The SMILES string of the molecule is CC(C)Cn1cc(-c2cnsc2)cc(N[C@H]2CC[C@@H](c3ccc4ncccc4c3)CC2)c1=O. The van der Waals surface area contributed by atoms with E-state index in [9.17, 15) is 4.79 Å². The highest BCUT2D eigenvalue weighted by Crippen LogP contribution is 2.35. The summed E-state index contributed by atoms with van der Waals surface area (Å²) in [5, 5.41) is 6.85. The van der Waals surface area contributed by atoms with Crippen molar-refractivity contribution in [2.75, 3.05) is 5.32 Å². The van der Waals surface area contributed by atoms with Gasteiger partial charge in [-0.1, -0.05) is 26.0 Å². The van der Waals surface area contributed by atoms with E-state index in [-0.39, 0.29) is 5.56 Å². The van der Waals surface area contributed by atoms with Crippen LogP contribution in [0.4, 0.5) is 5.69 Å². The van der Waals surface area contributed by atoms with E-state index in [1.165, 1.54) is 22.5 Å². The van der Waals surface area contributed by atoms with Crippen LogP contribution in [0.2, 0.25) is 0 Å². The first-order chi connectivity index (χ1) is 16.1. The van der Waals surface area contributed by atoms with Crippen LogP contribution in [0.15, 0.2) is 65.2 Å². The van der Waals surface area contributed by atoms with E-state index >= 15 is 0 Å². The van der Waals surface area contributed by atoms with Crippen molar-refractivity contribution < 1.29 is 0 Å². The number of nitrogens with zero attached hydrogens (tertiary/aromatic N) is 3. The van der Waals surface area contributed by atoms with Crippen LogP contribution >= 0.6 is 11.5 Å². The predicted molar refractivity (Wildman–Crippen MR) is 137 cm³/mol. The highest BCUT2D eigenvalue weighted by Gasteiger charge is 2.23. The second-order valence-corrected chi connectivity index (χ2v) is 10.2. The molecule has 1 fully saturated rings. The monoisotopic (exact) mass is 458 g/mol. The molecule has 1 saturated carbocycles. The van der Waals surface area contributed by atoms with E-state index < -0.39 is 0 Å². The number of hydrogen-bond acceptors (Lipinski definition) is 5. The van der Waals surface area contributed by atoms with Gasteiger partial charge in [0.15, 0.2) is 0 Å². The lowest BCUT2D eigenvalue weighted by Gasteiger charge is -2.30. The maximum atomic E-state index is 13.2. The van der Waals surface area contributed by atoms with Crippen molar-refractivity contribution in [3.8, 4) is 11.1 Å². The van der Waals surface area contributed by atoms with E-state index in [2.05, 4.69) is 52.8 Å². The van der Waals surface area contributed by atoms with Gasteiger partial charge in [-0.25, -0.2) is 4.37 Å². The minimum atomic E-state index is 0.0693. The molecule has 1 N–H and O–H groups in total. The summed E-state index contributed by atoms with van der Waals surface area (Å²) >= 11 is 1.44. The maximum absolute atomic E-state index is 13.2. The van der Waals surface area contributed by atoms with Gasteiger partial charge >= 0.3 is 0 Å². The van der Waals surface area contributed by atoms with Crippen molar-refractivity contribution in [1.82, 2.24) is 13.9 Å². The molecule has 1 aliphatic rings. The van der Waals surface area contributed by atoms with Gasteiger partial charge in [0, 0.05) is 53.1 Å². The van der Waals surface area contributed by atoms with E-state index in [0.29, 0.717) is 30.1 Å². The van der Waals surface area contributed by atoms with Crippen LogP contribution in [-0.2, 0) is 6.54 Å². The van der Waals surface area contributed by atoms with Gasteiger partial charge in [-0.2, -0.15) is 0 Å². The molecule has 33 heavy (non-hydrogen) atoms. The molecule has 3 heterocycles. The molecule has 1 aliphatic carbocycles. The molecule has 5 rings (SSSR count). The summed E-state index contributed by atoms with van der Waals surface area (Å²) in [7, 11) is 0. The standard InChI is InChI=1S/C27H30N4OS/c1-18(2)15-31-16-22(23-14-29-33-17-23)13-26(27(31)32)30-24-8-5-19(6-9-24)20-7-10-25-21(12-20)4-3-11-28-25/h3-4,7,10-14,16-19,24,30H,5-6,8-9,15H2,1-2H3/t19-,24+. The van der Waals surface area contributed by atoms with Gasteiger partial charge in [-0.3, -0.25) is 9.78 Å². The van der Waals surface area contributed by atoms with Gasteiger partial charge in [0.1, 0.15) is 5.69 Å². The van der Waals surface area contributed by atoms with Crippen LogP contribution < -0.4 is 10.9 Å². The summed E-state index contributed by atoms with van der Waals surface area (Å²) in [6, 6.07) is 13.1. The Labute approximate surface area is 198 Å². The Balaban J connectivity index is 1.32. The molecule has 0 bridgehead atoms. The van der Waals surface area contributed by atoms with Crippen molar-refractivity contribution >= 4 is 28.1 Å². The summed E-state index contributed by atoms with van der Waals surface area (Å²) < 4.78 is 6.10. The molecular formula is C27H30N4OS. The van der Waals surface area contributed by atoms with Crippen molar-refractivity contribution in [2.24, 2.45) is 5.92 Å². The maximum Gasteiger partial charge on any atom is 0.273 e. The summed E-state index contributed by atoms with van der Waals surface area (Å²) in [6.45, 7) is 4.99. The lowest BCUT2D eigenvalue weighted by Crippen LogP contribution is -2.31. The Morgan fingerprint density at radius 1 is 1.12 bits per heavy atom. The van der Waals surface area contributed by atoms with Crippen LogP contribution in [-0.4, -0.2) is 20.0 Å². The molecule has 170 valence electrons. The number of fused-ring (bicyclic) bond motifs is 1. The fraction of sp³-hybridized carbons (Fsp3) is 0.370. The van der Waals surface area contributed by atoms with Gasteiger partial charge < -0.3 is 9.88 Å². The Bertz CT molecular complexity index is 1290. The second-order valence-electron chi connectivity index (χ2n) is 9.56. The van der Waals surface area contributed by atoms with Crippen molar-refractivity contribution in [3.05, 3.63) is 76.3 Å². The summed E-state index contributed by atoms with van der Waals surface area (Å²) in [5.41, 5.74) is 5.34. The molecule has 0 spiro atoms. The second kappa shape index (κ2) is 9.48. The van der Waals surface area contributed by atoms with E-state index in [1.54, 1.807) is 0 Å². The Hall–Kier alpha value is -2.99. The first kappa shape index (κ1) is 21.8. The van der Waals surface area contributed by atoms with Gasteiger partial charge in [-0.15, -0.1) is 0 Å². The van der Waals surface area contributed by atoms with Crippen molar-refractivity contribution in [3.63, 3.8) is 0 Å². The molecular weight excluding hydrogens is 428 g/mol. The summed E-state index contributed by atoms with van der Waals surface area (Å²) in [6.07, 6.45) is 10.1. The molecule has 0 unspecified atom stereocenters. The van der Waals surface area contributed by atoms with Crippen LogP contribution in [0.3, 0.4) is 0 Å². The van der Waals surface area contributed by atoms with E-state index in [4.69, 9.17) is 0 Å².